The summed E-state index contributed by atoms with van der Waals surface area (Å²) in [5.74, 6) is 0. The second-order valence-corrected chi connectivity index (χ2v) is 11.2. The maximum atomic E-state index is 12.3. The molecule has 1 aromatic carbocycles. The van der Waals surface area contributed by atoms with E-state index < -0.39 is 20.1 Å². The Balaban J connectivity index is 1.69. The molecule has 172 valence electrons. The zero-order valence-corrected chi connectivity index (χ0v) is 20.1. The predicted octanol–water partition coefficient (Wildman–Crippen LogP) is 4.95. The third-order valence-corrected chi connectivity index (χ3v) is 7.86. The van der Waals surface area contributed by atoms with E-state index in [9.17, 15) is 21.4 Å². The normalized spacial score (nSPS) is 12.3. The van der Waals surface area contributed by atoms with Gasteiger partial charge in [0.05, 0.1) is 4.90 Å². The van der Waals surface area contributed by atoms with E-state index in [1.54, 1.807) is 6.07 Å². The Labute approximate surface area is 194 Å². The Morgan fingerprint density at radius 3 is 2.16 bits per heavy atom. The lowest BCUT2D eigenvalue weighted by Crippen LogP contribution is -2.24. The van der Waals surface area contributed by atoms with E-state index in [1.807, 2.05) is 18.2 Å². The van der Waals surface area contributed by atoms with Gasteiger partial charge in [-0.3, -0.25) is 4.55 Å². The third kappa shape index (κ3) is 6.08. The van der Waals surface area contributed by atoms with Crippen LogP contribution in [0.15, 0.2) is 64.4 Å². The predicted molar refractivity (Wildman–Crippen MR) is 126 cm³/mol. The van der Waals surface area contributed by atoms with Crippen molar-refractivity contribution in [3.05, 3.63) is 70.7 Å². The van der Waals surface area contributed by atoms with Crippen LogP contribution in [0, 0.1) is 0 Å². The number of fused-ring (bicyclic) bond motifs is 1. The van der Waals surface area contributed by atoms with Crippen molar-refractivity contribution in [1.82, 2.24) is 4.72 Å². The van der Waals surface area contributed by atoms with Crippen LogP contribution in [0.5, 0.6) is 0 Å². The van der Waals surface area contributed by atoms with Gasteiger partial charge in [0.1, 0.15) is 4.90 Å². The second-order valence-electron chi connectivity index (χ2n) is 7.64. The van der Waals surface area contributed by atoms with Crippen molar-refractivity contribution in [3.8, 4) is 11.1 Å². The number of aryl methyl sites for hydroxylation is 2. The summed E-state index contributed by atoms with van der Waals surface area (Å²) in [7, 11) is -7.97. The first-order valence-electron chi connectivity index (χ1n) is 10.4. The highest BCUT2D eigenvalue weighted by molar-refractivity contribution is 7.89. The fourth-order valence-corrected chi connectivity index (χ4v) is 5.59. The first-order chi connectivity index (χ1) is 15.1. The summed E-state index contributed by atoms with van der Waals surface area (Å²) in [5, 5.41) is 0.463. The van der Waals surface area contributed by atoms with Crippen molar-refractivity contribution in [1.29, 1.82) is 0 Å². The Morgan fingerprint density at radius 2 is 1.53 bits per heavy atom. The molecule has 0 heterocycles. The number of nitrogens with one attached hydrogen (secondary N) is 1. The standard InChI is InChI=1S/C23H26ClNO5S2/c1-2-5-17-7-13-21-18(16-23(32(28,29)30)22(21)14-8-17)6-3-4-15-25-31(26,27)20-11-9-19(24)10-12-20/h7-14,16,25H,2-6,15H2,1H3,(H,28,29,30). The number of halogens is 1. The molecule has 2 N–H and O–H groups in total. The lowest BCUT2D eigenvalue weighted by atomic mass is 10.0. The Kier molecular flexibility index (Phi) is 7.95. The van der Waals surface area contributed by atoms with Gasteiger partial charge in [-0.25, -0.2) is 13.1 Å². The van der Waals surface area contributed by atoms with E-state index in [2.05, 4.69) is 11.6 Å². The summed E-state index contributed by atoms with van der Waals surface area (Å²) in [5.41, 5.74) is 3.18. The summed E-state index contributed by atoms with van der Waals surface area (Å²) in [6, 6.07) is 15.0. The van der Waals surface area contributed by atoms with Gasteiger partial charge in [0.15, 0.2) is 0 Å². The van der Waals surface area contributed by atoms with E-state index in [0.717, 1.165) is 29.5 Å². The largest absolute Gasteiger partial charge is 0.295 e. The highest BCUT2D eigenvalue weighted by atomic mass is 35.5. The number of unbranched alkanes of at least 4 members (excludes halogenated alkanes) is 1. The fraction of sp³-hybridized carbons (Fsp3) is 0.304. The summed E-state index contributed by atoms with van der Waals surface area (Å²) >= 11 is 5.80. The van der Waals surface area contributed by atoms with Crippen molar-refractivity contribution >= 4 is 31.7 Å². The second kappa shape index (κ2) is 10.3. The molecular weight excluding hydrogens is 470 g/mol. The Morgan fingerprint density at radius 1 is 0.875 bits per heavy atom. The van der Waals surface area contributed by atoms with Gasteiger partial charge in [0.2, 0.25) is 10.0 Å². The maximum Gasteiger partial charge on any atom is 0.295 e. The van der Waals surface area contributed by atoms with Gasteiger partial charge < -0.3 is 0 Å². The molecule has 0 amide bonds. The molecule has 0 spiro atoms. The maximum absolute atomic E-state index is 12.3. The minimum Gasteiger partial charge on any atom is -0.282 e. The molecule has 9 heteroatoms. The van der Waals surface area contributed by atoms with E-state index in [1.165, 1.54) is 30.3 Å². The molecule has 0 saturated heterocycles. The summed E-state index contributed by atoms with van der Waals surface area (Å²) in [6.45, 7) is 2.33. The van der Waals surface area contributed by atoms with Gasteiger partial charge >= 0.3 is 0 Å². The van der Waals surface area contributed by atoms with Gasteiger partial charge in [-0.1, -0.05) is 49.2 Å². The number of sulfonamides is 1. The molecule has 2 aliphatic carbocycles. The first kappa shape index (κ1) is 24.7. The average Bonchev–Trinajstić information content (AvgIpc) is 2.95. The molecule has 6 nitrogen and oxygen atoms in total. The number of hydrogen-bond acceptors (Lipinski definition) is 4. The van der Waals surface area contributed by atoms with Crippen LogP contribution in [-0.4, -0.2) is 27.9 Å². The Hall–Kier alpha value is -1.97. The van der Waals surface area contributed by atoms with Crippen LogP contribution in [0.4, 0.5) is 0 Å². The SMILES string of the molecule is CCCc1ccc2c(CCCCNS(=O)(=O)c3ccc(Cl)cc3)cc(S(=O)(=O)O)c-2cc1. The highest BCUT2D eigenvalue weighted by Crippen LogP contribution is 2.36. The van der Waals surface area contributed by atoms with Crippen LogP contribution in [0.1, 0.15) is 37.3 Å². The zero-order valence-electron chi connectivity index (χ0n) is 17.7. The van der Waals surface area contributed by atoms with Gasteiger partial charge in [0, 0.05) is 17.1 Å². The molecule has 0 bridgehead atoms. The topological polar surface area (TPSA) is 101 Å². The average molecular weight is 496 g/mol. The lowest BCUT2D eigenvalue weighted by molar-refractivity contribution is 0.483. The molecule has 0 aliphatic heterocycles. The van der Waals surface area contributed by atoms with Crippen LogP contribution < -0.4 is 4.72 Å². The molecule has 32 heavy (non-hydrogen) atoms. The smallest absolute Gasteiger partial charge is 0.282 e. The summed E-state index contributed by atoms with van der Waals surface area (Å²) in [4.78, 5) is 0.0571. The minimum atomic E-state index is -4.35. The quantitative estimate of drug-likeness (QED) is 0.306. The van der Waals surface area contributed by atoms with Crippen molar-refractivity contribution in [2.24, 2.45) is 0 Å². The summed E-state index contributed by atoms with van der Waals surface area (Å²) < 4.78 is 60.7. The number of hydrogen-bond donors (Lipinski definition) is 2. The molecule has 3 rings (SSSR count). The Bertz CT molecular complexity index is 1260. The van der Waals surface area contributed by atoms with Crippen molar-refractivity contribution in [2.45, 2.75) is 48.8 Å². The molecule has 0 saturated carbocycles. The highest BCUT2D eigenvalue weighted by Gasteiger charge is 2.23. The number of rotatable bonds is 10. The van der Waals surface area contributed by atoms with Crippen LogP contribution >= 0.6 is 11.6 Å². The molecule has 1 aromatic rings. The molecular formula is C23H26ClNO5S2. The van der Waals surface area contributed by atoms with Crippen LogP contribution in [0.2, 0.25) is 5.02 Å². The summed E-state index contributed by atoms with van der Waals surface area (Å²) in [6.07, 6.45) is 3.62. The van der Waals surface area contributed by atoms with Crippen molar-refractivity contribution in [2.75, 3.05) is 6.54 Å². The fourth-order valence-electron chi connectivity index (χ4n) is 3.64. The molecule has 0 fully saturated rings. The lowest BCUT2D eigenvalue weighted by Gasteiger charge is -2.07. The molecule has 0 aromatic heterocycles. The van der Waals surface area contributed by atoms with Crippen LogP contribution in [0.3, 0.4) is 0 Å². The van der Waals surface area contributed by atoms with Gasteiger partial charge in [-0.05, 0) is 72.7 Å². The molecule has 0 radical (unpaired) electrons. The van der Waals surface area contributed by atoms with Crippen molar-refractivity contribution in [3.63, 3.8) is 0 Å². The molecule has 0 atom stereocenters. The minimum absolute atomic E-state index is 0.0930. The van der Waals surface area contributed by atoms with E-state index in [4.69, 9.17) is 11.6 Å². The third-order valence-electron chi connectivity index (χ3n) is 5.24. The zero-order chi connectivity index (χ0) is 23.4. The van der Waals surface area contributed by atoms with E-state index >= 15 is 0 Å². The van der Waals surface area contributed by atoms with Crippen LogP contribution in [-0.2, 0) is 33.0 Å². The van der Waals surface area contributed by atoms with Gasteiger partial charge in [-0.2, -0.15) is 8.42 Å². The molecule has 2 aliphatic rings. The monoisotopic (exact) mass is 495 g/mol. The molecule has 0 unspecified atom stereocenters. The van der Waals surface area contributed by atoms with Crippen LogP contribution in [0.25, 0.3) is 11.1 Å². The van der Waals surface area contributed by atoms with Crippen molar-refractivity contribution < 1.29 is 21.4 Å². The van der Waals surface area contributed by atoms with E-state index in [-0.39, 0.29) is 16.3 Å². The van der Waals surface area contributed by atoms with E-state index in [0.29, 0.717) is 29.8 Å². The van der Waals surface area contributed by atoms with Gasteiger partial charge in [0.25, 0.3) is 10.1 Å². The first-order valence-corrected chi connectivity index (χ1v) is 13.7. The number of benzene rings is 1. The van der Waals surface area contributed by atoms with Gasteiger partial charge in [-0.15, -0.1) is 0 Å².